The van der Waals surface area contributed by atoms with Crippen LogP contribution < -0.4 is 10.5 Å². The molecule has 4 heteroatoms. The lowest BCUT2D eigenvalue weighted by molar-refractivity contribution is -0.0499. The number of ether oxygens (including phenoxy) is 1. The SMILES string of the molecule is NC(c1cccc(OC(F)F)c1)C1CCCCCC1. The quantitative estimate of drug-likeness (QED) is 0.829. The largest absolute Gasteiger partial charge is 0.435 e. The predicted molar refractivity (Wildman–Crippen MR) is 71.2 cm³/mol. The molecule has 0 spiro atoms. The van der Waals surface area contributed by atoms with Gasteiger partial charge < -0.3 is 10.5 Å². The molecular weight excluding hydrogens is 248 g/mol. The van der Waals surface area contributed by atoms with Gasteiger partial charge in [0.15, 0.2) is 0 Å². The first-order valence-corrected chi connectivity index (χ1v) is 6.97. The molecule has 0 bridgehead atoms. The van der Waals surface area contributed by atoms with Crippen molar-refractivity contribution in [2.24, 2.45) is 11.7 Å². The van der Waals surface area contributed by atoms with Crippen molar-refractivity contribution in [1.82, 2.24) is 0 Å². The molecule has 106 valence electrons. The summed E-state index contributed by atoms with van der Waals surface area (Å²) in [4.78, 5) is 0. The maximum atomic E-state index is 12.2. The van der Waals surface area contributed by atoms with Crippen LogP contribution in [-0.2, 0) is 0 Å². The van der Waals surface area contributed by atoms with Gasteiger partial charge in [0, 0.05) is 6.04 Å². The van der Waals surface area contributed by atoms with E-state index in [9.17, 15) is 8.78 Å². The van der Waals surface area contributed by atoms with Gasteiger partial charge in [0.25, 0.3) is 0 Å². The van der Waals surface area contributed by atoms with E-state index in [1.165, 1.54) is 31.7 Å². The van der Waals surface area contributed by atoms with Crippen LogP contribution in [-0.4, -0.2) is 6.61 Å². The van der Waals surface area contributed by atoms with Crippen LogP contribution >= 0.6 is 0 Å². The highest BCUT2D eigenvalue weighted by atomic mass is 19.3. The highest BCUT2D eigenvalue weighted by Gasteiger charge is 2.21. The standard InChI is InChI=1S/C15H21F2NO/c16-15(17)19-13-9-5-8-12(10-13)14(18)11-6-3-1-2-4-7-11/h5,8-11,14-15H,1-4,6-7,18H2. The van der Waals surface area contributed by atoms with Crippen LogP contribution in [0, 0.1) is 5.92 Å². The molecule has 2 nitrogen and oxygen atoms in total. The Balaban J connectivity index is 2.06. The van der Waals surface area contributed by atoms with E-state index in [0.717, 1.165) is 18.4 Å². The molecule has 0 aliphatic heterocycles. The Morgan fingerprint density at radius 3 is 2.42 bits per heavy atom. The Kier molecular flexibility index (Phi) is 5.14. The monoisotopic (exact) mass is 269 g/mol. The van der Waals surface area contributed by atoms with Crippen LogP contribution in [0.4, 0.5) is 8.78 Å². The van der Waals surface area contributed by atoms with Crippen LogP contribution in [0.1, 0.15) is 50.1 Å². The van der Waals surface area contributed by atoms with E-state index < -0.39 is 6.61 Å². The van der Waals surface area contributed by atoms with Crippen LogP contribution in [0.5, 0.6) is 5.75 Å². The van der Waals surface area contributed by atoms with E-state index >= 15 is 0 Å². The van der Waals surface area contributed by atoms with Crippen molar-refractivity contribution < 1.29 is 13.5 Å². The van der Waals surface area contributed by atoms with Gasteiger partial charge in [0.2, 0.25) is 0 Å². The number of hydrogen-bond donors (Lipinski definition) is 1. The lowest BCUT2D eigenvalue weighted by Gasteiger charge is -2.23. The van der Waals surface area contributed by atoms with E-state index in [2.05, 4.69) is 4.74 Å². The Morgan fingerprint density at radius 1 is 1.11 bits per heavy atom. The average molecular weight is 269 g/mol. The molecule has 1 aromatic carbocycles. The average Bonchev–Trinajstić information content (AvgIpc) is 2.66. The third-order valence-corrected chi connectivity index (χ3v) is 3.88. The summed E-state index contributed by atoms with van der Waals surface area (Å²) in [6.07, 6.45) is 7.23. The number of alkyl halides is 2. The van der Waals surface area contributed by atoms with Crippen molar-refractivity contribution in [2.75, 3.05) is 0 Å². The molecule has 1 unspecified atom stereocenters. The normalized spacial score (nSPS) is 19.2. The molecule has 2 rings (SSSR count). The molecule has 1 aromatic rings. The van der Waals surface area contributed by atoms with Gasteiger partial charge in [0.05, 0.1) is 0 Å². The van der Waals surface area contributed by atoms with Gasteiger partial charge in [-0.1, -0.05) is 37.8 Å². The van der Waals surface area contributed by atoms with Gasteiger partial charge in [-0.3, -0.25) is 0 Å². The molecule has 1 aliphatic carbocycles. The summed E-state index contributed by atoms with van der Waals surface area (Å²) < 4.78 is 28.8. The Bertz CT molecular complexity index is 389. The zero-order chi connectivity index (χ0) is 13.7. The van der Waals surface area contributed by atoms with Gasteiger partial charge in [-0.25, -0.2) is 0 Å². The van der Waals surface area contributed by atoms with Crippen molar-refractivity contribution in [3.63, 3.8) is 0 Å². The molecule has 1 fully saturated rings. The molecule has 1 aliphatic rings. The maximum absolute atomic E-state index is 12.2. The van der Waals surface area contributed by atoms with Crippen LogP contribution in [0.15, 0.2) is 24.3 Å². The number of rotatable bonds is 4. The first-order chi connectivity index (χ1) is 9.16. The summed E-state index contributed by atoms with van der Waals surface area (Å²) in [7, 11) is 0. The topological polar surface area (TPSA) is 35.2 Å². The van der Waals surface area contributed by atoms with E-state index in [1.54, 1.807) is 12.1 Å². The maximum Gasteiger partial charge on any atom is 0.387 e. The van der Waals surface area contributed by atoms with Crippen molar-refractivity contribution in [2.45, 2.75) is 51.2 Å². The van der Waals surface area contributed by atoms with E-state index in [-0.39, 0.29) is 11.8 Å². The summed E-state index contributed by atoms with van der Waals surface area (Å²) in [5.41, 5.74) is 7.19. The van der Waals surface area contributed by atoms with E-state index in [1.807, 2.05) is 6.07 Å². The van der Waals surface area contributed by atoms with Crippen molar-refractivity contribution >= 4 is 0 Å². The summed E-state index contributed by atoms with van der Waals surface area (Å²) in [6.45, 7) is -2.79. The van der Waals surface area contributed by atoms with Gasteiger partial charge in [-0.15, -0.1) is 0 Å². The van der Waals surface area contributed by atoms with Crippen LogP contribution in [0.25, 0.3) is 0 Å². The molecular formula is C15H21F2NO. The van der Waals surface area contributed by atoms with Crippen LogP contribution in [0.3, 0.4) is 0 Å². The fourth-order valence-corrected chi connectivity index (χ4v) is 2.84. The van der Waals surface area contributed by atoms with Gasteiger partial charge in [-0.05, 0) is 36.5 Å². The second kappa shape index (κ2) is 6.85. The number of nitrogens with two attached hydrogens (primary N) is 1. The molecule has 0 amide bonds. The first kappa shape index (κ1) is 14.3. The zero-order valence-corrected chi connectivity index (χ0v) is 11.0. The molecule has 19 heavy (non-hydrogen) atoms. The van der Waals surface area contributed by atoms with E-state index in [4.69, 9.17) is 5.73 Å². The second-order valence-corrected chi connectivity index (χ2v) is 5.23. The van der Waals surface area contributed by atoms with Gasteiger partial charge in [-0.2, -0.15) is 8.78 Å². The Labute approximate surface area is 112 Å². The molecule has 0 saturated heterocycles. The minimum atomic E-state index is -2.79. The third kappa shape index (κ3) is 4.16. The minimum absolute atomic E-state index is 0.0840. The highest BCUT2D eigenvalue weighted by molar-refractivity contribution is 5.30. The van der Waals surface area contributed by atoms with E-state index in [0.29, 0.717) is 5.92 Å². The molecule has 2 N–H and O–H groups in total. The summed E-state index contributed by atoms with van der Waals surface area (Å²) in [6, 6.07) is 6.72. The Morgan fingerprint density at radius 2 is 1.79 bits per heavy atom. The first-order valence-electron chi connectivity index (χ1n) is 6.97. The lowest BCUT2D eigenvalue weighted by atomic mass is 9.88. The summed E-state index contributed by atoms with van der Waals surface area (Å²) in [5, 5.41) is 0. The second-order valence-electron chi connectivity index (χ2n) is 5.23. The number of halogens is 2. The number of benzene rings is 1. The summed E-state index contributed by atoms with van der Waals surface area (Å²) >= 11 is 0. The van der Waals surface area contributed by atoms with Crippen molar-refractivity contribution in [1.29, 1.82) is 0 Å². The number of hydrogen-bond acceptors (Lipinski definition) is 2. The lowest BCUT2D eigenvalue weighted by Crippen LogP contribution is -2.21. The fourth-order valence-electron chi connectivity index (χ4n) is 2.84. The minimum Gasteiger partial charge on any atom is -0.435 e. The molecule has 0 aromatic heterocycles. The third-order valence-electron chi connectivity index (χ3n) is 3.88. The Hall–Kier alpha value is -1.16. The molecule has 1 atom stereocenters. The van der Waals surface area contributed by atoms with Crippen molar-refractivity contribution in [3.8, 4) is 5.75 Å². The van der Waals surface area contributed by atoms with Crippen LogP contribution in [0.2, 0.25) is 0 Å². The molecule has 1 saturated carbocycles. The van der Waals surface area contributed by atoms with Gasteiger partial charge in [0.1, 0.15) is 5.75 Å². The fraction of sp³-hybridized carbons (Fsp3) is 0.600. The molecule has 0 radical (unpaired) electrons. The highest BCUT2D eigenvalue weighted by Crippen LogP contribution is 2.33. The predicted octanol–water partition coefficient (Wildman–Crippen LogP) is 4.26. The smallest absolute Gasteiger partial charge is 0.387 e. The molecule has 0 heterocycles. The zero-order valence-electron chi connectivity index (χ0n) is 11.0. The summed E-state index contributed by atoms with van der Waals surface area (Å²) in [5.74, 6) is 0.640. The van der Waals surface area contributed by atoms with Crippen molar-refractivity contribution in [3.05, 3.63) is 29.8 Å². The van der Waals surface area contributed by atoms with Gasteiger partial charge >= 0.3 is 6.61 Å².